The molecule has 0 radical (unpaired) electrons. The Kier molecular flexibility index (Phi) is 6.86. The minimum absolute atomic E-state index is 0. The first-order valence-corrected chi connectivity index (χ1v) is 5.83. The van der Waals surface area contributed by atoms with Gasteiger partial charge in [0.05, 0.1) is 11.4 Å². The fraction of sp³-hybridized carbons (Fsp3) is 0. The zero-order valence-electron chi connectivity index (χ0n) is 10.3. The quantitative estimate of drug-likeness (QED) is 0.392. The van der Waals surface area contributed by atoms with E-state index in [1.165, 1.54) is 0 Å². The van der Waals surface area contributed by atoms with Crippen LogP contribution < -0.4 is 10.9 Å². The summed E-state index contributed by atoms with van der Waals surface area (Å²) in [5.74, 6) is 0. The van der Waals surface area contributed by atoms with E-state index in [1.54, 1.807) is 0 Å². The first kappa shape index (κ1) is 15.4. The van der Waals surface area contributed by atoms with E-state index in [0.29, 0.717) is 0 Å². The molecule has 0 aliphatic heterocycles. The van der Waals surface area contributed by atoms with E-state index in [9.17, 15) is 0 Å². The average Bonchev–Trinajstić information content (AvgIpc) is 2.45. The Balaban J connectivity index is 0.00000180. The van der Waals surface area contributed by atoms with Crippen LogP contribution in [0.4, 0.5) is 11.4 Å². The van der Waals surface area contributed by atoms with Gasteiger partial charge in [0.15, 0.2) is 0 Å². The van der Waals surface area contributed by atoms with Crippen LogP contribution in [0.1, 0.15) is 0 Å². The molecule has 0 saturated carbocycles. The number of hydrazine groups is 1. The molecule has 92 valence electrons. The van der Waals surface area contributed by atoms with Gasteiger partial charge in [-0.25, -0.2) is 0 Å². The maximum Gasteiger partial charge on any atom is 0.232 e. The van der Waals surface area contributed by atoms with E-state index in [2.05, 4.69) is 21.1 Å². The zero-order valence-corrected chi connectivity index (χ0v) is 14.1. The van der Waals surface area contributed by atoms with Crippen molar-refractivity contribution in [2.75, 3.05) is 5.43 Å². The van der Waals surface area contributed by atoms with Crippen molar-refractivity contribution >= 4 is 28.7 Å². The van der Waals surface area contributed by atoms with Crippen molar-refractivity contribution in [1.29, 1.82) is 0 Å². The summed E-state index contributed by atoms with van der Waals surface area (Å²) in [5, 5.41) is 8.17. The average molecular weight is 322 g/mol. The molecule has 0 aromatic heterocycles. The van der Waals surface area contributed by atoms with E-state index < -0.39 is 0 Å². The number of anilines is 1. The molecule has 2 rings (SSSR count). The third-order valence-corrected chi connectivity index (χ3v) is 2.28. The molecule has 4 nitrogen and oxygen atoms in total. The maximum atomic E-state index is 5.02. The number of nitrogens with one attached hydrogen (secondary N) is 2. The van der Waals surface area contributed by atoms with E-state index >= 15 is 0 Å². The zero-order chi connectivity index (χ0) is 12.6. The molecule has 0 bridgehead atoms. The van der Waals surface area contributed by atoms with Gasteiger partial charge in [-0.3, -0.25) is 10.9 Å². The molecule has 0 atom stereocenters. The fourth-order valence-electron chi connectivity index (χ4n) is 1.27. The predicted octanol–water partition coefficient (Wildman–Crippen LogP) is 3.67. The standard InChI is InChI=1S/C13H12N4S.Zn/c18-13(16-14-11-7-3-1-4-8-11)17-15-12-9-5-2-6-10-12;/h1-10,14H,(H,16,18);. The minimum atomic E-state index is 0. The summed E-state index contributed by atoms with van der Waals surface area (Å²) in [6, 6.07) is 19.1. The minimum Gasteiger partial charge on any atom is -0.299 e. The van der Waals surface area contributed by atoms with Crippen LogP contribution in [0.15, 0.2) is 70.9 Å². The van der Waals surface area contributed by atoms with Crippen LogP contribution in [0.3, 0.4) is 0 Å². The van der Waals surface area contributed by atoms with Gasteiger partial charge in [0.25, 0.3) is 0 Å². The van der Waals surface area contributed by atoms with Crippen LogP contribution in [0.25, 0.3) is 0 Å². The number of hydrogen-bond donors (Lipinski definition) is 2. The normalized spacial score (nSPS) is 9.68. The number of para-hydroxylation sites is 1. The van der Waals surface area contributed by atoms with Gasteiger partial charge >= 0.3 is 0 Å². The van der Waals surface area contributed by atoms with Crippen LogP contribution in [0.2, 0.25) is 0 Å². The Bertz CT molecular complexity index is 531. The number of hydrogen-bond acceptors (Lipinski definition) is 3. The maximum absolute atomic E-state index is 5.02. The van der Waals surface area contributed by atoms with Gasteiger partial charge in [-0.1, -0.05) is 36.4 Å². The van der Waals surface area contributed by atoms with Crippen molar-refractivity contribution in [2.24, 2.45) is 10.2 Å². The van der Waals surface area contributed by atoms with Gasteiger partial charge < -0.3 is 0 Å². The van der Waals surface area contributed by atoms with Gasteiger partial charge in [-0.2, -0.15) is 0 Å². The van der Waals surface area contributed by atoms with Gasteiger partial charge in [0.2, 0.25) is 5.11 Å². The molecule has 19 heavy (non-hydrogen) atoms. The monoisotopic (exact) mass is 320 g/mol. The third kappa shape index (κ3) is 5.68. The largest absolute Gasteiger partial charge is 0.299 e. The molecule has 0 heterocycles. The summed E-state index contributed by atoms with van der Waals surface area (Å²) in [4.78, 5) is 0. The SMILES string of the molecule is S=C(N=Nc1ccccc1)NNc1ccccc1.[Zn]. The van der Waals surface area contributed by atoms with Crippen LogP contribution in [-0.4, -0.2) is 5.11 Å². The Morgan fingerprint density at radius 2 is 1.47 bits per heavy atom. The second kappa shape index (κ2) is 8.45. The molecule has 2 aromatic carbocycles. The van der Waals surface area contributed by atoms with Gasteiger partial charge in [0, 0.05) is 19.5 Å². The first-order chi connectivity index (χ1) is 8.84. The van der Waals surface area contributed by atoms with Gasteiger partial charge in [-0.15, -0.1) is 10.2 Å². The molecule has 0 fully saturated rings. The summed E-state index contributed by atoms with van der Waals surface area (Å²) in [6.07, 6.45) is 0. The van der Waals surface area contributed by atoms with Crippen molar-refractivity contribution in [1.82, 2.24) is 5.43 Å². The summed E-state index contributed by atoms with van der Waals surface area (Å²) >= 11 is 5.02. The van der Waals surface area contributed by atoms with Crippen molar-refractivity contribution < 1.29 is 19.5 Å². The number of benzene rings is 2. The van der Waals surface area contributed by atoms with E-state index in [0.717, 1.165) is 11.4 Å². The number of rotatable bonds is 3. The molecule has 0 aliphatic carbocycles. The molecule has 0 amide bonds. The second-order valence-corrected chi connectivity index (χ2v) is 3.84. The third-order valence-electron chi connectivity index (χ3n) is 2.10. The number of nitrogens with zero attached hydrogens (tertiary/aromatic N) is 2. The predicted molar refractivity (Wildman–Crippen MR) is 76.8 cm³/mol. The molecule has 2 aromatic rings. The molecule has 2 N–H and O–H groups in total. The molecule has 0 spiro atoms. The Labute approximate surface area is 130 Å². The van der Waals surface area contributed by atoms with Crippen molar-refractivity contribution in [3.05, 3.63) is 60.7 Å². The van der Waals surface area contributed by atoms with Crippen LogP contribution in [0, 0.1) is 0 Å². The van der Waals surface area contributed by atoms with Crippen molar-refractivity contribution in [3.63, 3.8) is 0 Å². The summed E-state index contributed by atoms with van der Waals surface area (Å²) in [6.45, 7) is 0. The summed E-state index contributed by atoms with van der Waals surface area (Å²) < 4.78 is 0. The Hall–Kier alpha value is -1.65. The smallest absolute Gasteiger partial charge is 0.232 e. The van der Waals surface area contributed by atoms with E-state index in [-0.39, 0.29) is 24.6 Å². The molecule has 0 saturated heterocycles. The van der Waals surface area contributed by atoms with E-state index in [1.807, 2.05) is 60.7 Å². The summed E-state index contributed by atoms with van der Waals surface area (Å²) in [7, 11) is 0. The molecule has 0 aliphatic rings. The fourth-order valence-corrected chi connectivity index (χ4v) is 1.36. The Morgan fingerprint density at radius 3 is 2.11 bits per heavy atom. The first-order valence-electron chi connectivity index (χ1n) is 5.42. The van der Waals surface area contributed by atoms with Crippen LogP contribution in [0.5, 0.6) is 0 Å². The molecular weight excluding hydrogens is 310 g/mol. The summed E-state index contributed by atoms with van der Waals surface area (Å²) in [5.41, 5.74) is 7.40. The van der Waals surface area contributed by atoms with Crippen molar-refractivity contribution in [3.8, 4) is 0 Å². The van der Waals surface area contributed by atoms with Crippen LogP contribution in [-0.2, 0) is 19.5 Å². The Morgan fingerprint density at radius 1 is 0.895 bits per heavy atom. The molecule has 0 unspecified atom stereocenters. The molecular formula is C13H12N4SZn. The van der Waals surface area contributed by atoms with Crippen molar-refractivity contribution in [2.45, 2.75) is 0 Å². The topological polar surface area (TPSA) is 48.8 Å². The number of thiocarbonyl (C=S) groups is 1. The van der Waals surface area contributed by atoms with Gasteiger partial charge in [0.1, 0.15) is 0 Å². The van der Waals surface area contributed by atoms with Gasteiger partial charge in [-0.05, 0) is 36.5 Å². The van der Waals surface area contributed by atoms with Crippen LogP contribution >= 0.6 is 12.2 Å². The number of azo groups is 1. The molecule has 6 heteroatoms. The van der Waals surface area contributed by atoms with E-state index in [4.69, 9.17) is 12.2 Å². The second-order valence-electron chi connectivity index (χ2n) is 3.46.